The van der Waals surface area contributed by atoms with Crippen LogP contribution in [0.25, 0.3) is 4.85 Å². The second kappa shape index (κ2) is 2.07. The Morgan fingerprint density at radius 1 is 1.64 bits per heavy atom. The van der Waals surface area contributed by atoms with Gasteiger partial charge in [0.25, 0.3) is 6.54 Å². The minimum absolute atomic E-state index is 0.117. The lowest BCUT2D eigenvalue weighted by molar-refractivity contribution is -0.119. The Labute approximate surface area is 66.4 Å². The summed E-state index contributed by atoms with van der Waals surface area (Å²) in [5, 5.41) is 0. The molecule has 0 heterocycles. The molecule has 0 bridgehead atoms. The zero-order chi connectivity index (χ0) is 7.90. The molecule has 2 fully saturated rings. The van der Waals surface area contributed by atoms with E-state index < -0.39 is 0 Å². The smallest absolute Gasteiger partial charge is 0.272 e. The molecule has 0 saturated heterocycles. The third-order valence-electron chi connectivity index (χ3n) is 3.16. The highest BCUT2D eigenvalue weighted by Crippen LogP contribution is 2.65. The van der Waals surface area contributed by atoms with Gasteiger partial charge in [-0.05, 0) is 24.7 Å². The van der Waals surface area contributed by atoms with Gasteiger partial charge in [0.2, 0.25) is 5.78 Å². The van der Waals surface area contributed by atoms with Gasteiger partial charge in [-0.15, -0.1) is 0 Å². The molecule has 2 rings (SSSR count). The average Bonchev–Trinajstić information content (AvgIpc) is 2.60. The fraction of sp³-hybridized carbons (Fsp3) is 0.778. The van der Waals surface area contributed by atoms with Crippen LogP contribution in [0.3, 0.4) is 0 Å². The maximum Gasteiger partial charge on any atom is 0.272 e. The number of carbonyl (C=O) groups excluding carboxylic acids is 1. The molecular weight excluding hydrogens is 138 g/mol. The number of ketones is 1. The van der Waals surface area contributed by atoms with Crippen molar-refractivity contribution in [3.05, 3.63) is 11.4 Å². The summed E-state index contributed by atoms with van der Waals surface area (Å²) >= 11 is 0. The van der Waals surface area contributed by atoms with Crippen molar-refractivity contribution in [2.45, 2.75) is 25.7 Å². The van der Waals surface area contributed by atoms with E-state index in [1.54, 1.807) is 0 Å². The quantitative estimate of drug-likeness (QED) is 0.547. The van der Waals surface area contributed by atoms with Gasteiger partial charge in [0.15, 0.2) is 0 Å². The fourth-order valence-corrected chi connectivity index (χ4v) is 2.17. The Morgan fingerprint density at radius 3 is 2.73 bits per heavy atom. The maximum absolute atomic E-state index is 11.2. The van der Waals surface area contributed by atoms with Crippen molar-refractivity contribution in [2.75, 3.05) is 6.54 Å². The van der Waals surface area contributed by atoms with Crippen LogP contribution in [0.4, 0.5) is 0 Å². The first-order valence-electron chi connectivity index (χ1n) is 4.14. The first-order chi connectivity index (χ1) is 5.28. The zero-order valence-corrected chi connectivity index (χ0v) is 6.47. The number of hydrogen-bond donors (Lipinski definition) is 0. The normalized spacial score (nSPS) is 30.6. The minimum Gasteiger partial charge on any atom is -0.309 e. The monoisotopic (exact) mass is 149 g/mol. The predicted molar refractivity (Wildman–Crippen MR) is 40.9 cm³/mol. The Balaban J connectivity index is 1.91. The Kier molecular flexibility index (Phi) is 1.29. The van der Waals surface area contributed by atoms with E-state index in [1.807, 2.05) is 0 Å². The van der Waals surface area contributed by atoms with Gasteiger partial charge in [-0.1, -0.05) is 6.42 Å². The molecule has 0 aromatic rings. The van der Waals surface area contributed by atoms with Gasteiger partial charge >= 0.3 is 0 Å². The minimum atomic E-state index is 0.117. The molecular formula is C9H11NO. The molecule has 1 atom stereocenters. The third kappa shape index (κ3) is 0.875. The van der Waals surface area contributed by atoms with Crippen LogP contribution < -0.4 is 0 Å². The van der Waals surface area contributed by atoms with E-state index in [2.05, 4.69) is 4.85 Å². The molecule has 0 aromatic heterocycles. The molecule has 1 spiro atoms. The highest BCUT2D eigenvalue weighted by molar-refractivity contribution is 5.87. The van der Waals surface area contributed by atoms with Crippen molar-refractivity contribution in [1.29, 1.82) is 0 Å². The van der Waals surface area contributed by atoms with Gasteiger partial charge in [0.1, 0.15) is 0 Å². The molecule has 11 heavy (non-hydrogen) atoms. The van der Waals surface area contributed by atoms with Crippen molar-refractivity contribution in [2.24, 2.45) is 11.3 Å². The molecule has 0 aromatic carbocycles. The van der Waals surface area contributed by atoms with E-state index in [0.29, 0.717) is 5.41 Å². The SMILES string of the molecule is [C-]#[N+]CC(=O)C1CC12CCC2. The lowest BCUT2D eigenvalue weighted by Crippen LogP contribution is -2.19. The van der Waals surface area contributed by atoms with Crippen molar-refractivity contribution >= 4 is 5.78 Å². The molecule has 1 unspecified atom stereocenters. The summed E-state index contributed by atoms with van der Waals surface area (Å²) in [6, 6.07) is 0. The van der Waals surface area contributed by atoms with Crippen LogP contribution in [0, 0.1) is 17.9 Å². The molecule has 58 valence electrons. The van der Waals surface area contributed by atoms with E-state index in [0.717, 1.165) is 6.42 Å². The summed E-state index contributed by atoms with van der Waals surface area (Å²) in [7, 11) is 0. The summed E-state index contributed by atoms with van der Waals surface area (Å²) in [6.45, 7) is 6.68. The fourth-order valence-electron chi connectivity index (χ4n) is 2.17. The van der Waals surface area contributed by atoms with Gasteiger partial charge in [0.05, 0.1) is 0 Å². The van der Waals surface area contributed by atoms with Crippen molar-refractivity contribution in [1.82, 2.24) is 0 Å². The highest BCUT2D eigenvalue weighted by Gasteiger charge is 2.61. The Morgan fingerprint density at radius 2 is 2.36 bits per heavy atom. The largest absolute Gasteiger partial charge is 0.309 e. The second-order valence-electron chi connectivity index (χ2n) is 3.76. The number of nitrogens with zero attached hydrogens (tertiary/aromatic N) is 1. The number of hydrogen-bond acceptors (Lipinski definition) is 1. The second-order valence-corrected chi connectivity index (χ2v) is 3.76. The Bertz CT molecular complexity index is 234. The van der Waals surface area contributed by atoms with Crippen LogP contribution in [0.2, 0.25) is 0 Å². The van der Waals surface area contributed by atoms with Crippen LogP contribution in [0.5, 0.6) is 0 Å². The van der Waals surface area contributed by atoms with Crippen LogP contribution >= 0.6 is 0 Å². The Hall–Kier alpha value is -0.840. The van der Waals surface area contributed by atoms with Crippen LogP contribution in [-0.4, -0.2) is 12.3 Å². The van der Waals surface area contributed by atoms with Crippen molar-refractivity contribution in [3.8, 4) is 0 Å². The van der Waals surface area contributed by atoms with Crippen LogP contribution in [0.1, 0.15) is 25.7 Å². The van der Waals surface area contributed by atoms with Gasteiger partial charge in [-0.2, -0.15) is 0 Å². The summed E-state index contributed by atoms with van der Waals surface area (Å²) in [4.78, 5) is 14.3. The standard InChI is InChI=1S/C9H11NO/c1-10-6-8(11)7-5-9(7)3-2-4-9/h7H,2-6H2. The van der Waals surface area contributed by atoms with Gasteiger partial charge < -0.3 is 4.85 Å². The lowest BCUT2D eigenvalue weighted by Gasteiger charge is -2.25. The summed E-state index contributed by atoms with van der Waals surface area (Å²) in [6.07, 6.45) is 4.85. The van der Waals surface area contributed by atoms with Crippen LogP contribution in [-0.2, 0) is 4.79 Å². The first-order valence-corrected chi connectivity index (χ1v) is 4.14. The molecule has 2 aliphatic rings. The molecule has 0 amide bonds. The van der Waals surface area contributed by atoms with Gasteiger partial charge in [-0.25, -0.2) is 6.57 Å². The van der Waals surface area contributed by atoms with Crippen LogP contribution in [0.15, 0.2) is 0 Å². The summed E-state index contributed by atoms with van der Waals surface area (Å²) in [5.74, 6) is 0.477. The third-order valence-corrected chi connectivity index (χ3v) is 3.16. The van der Waals surface area contributed by atoms with E-state index >= 15 is 0 Å². The number of Topliss-reactive ketones (excluding diaryl/α,β-unsaturated/α-hetero) is 1. The summed E-state index contributed by atoms with van der Waals surface area (Å²) in [5.41, 5.74) is 0.418. The molecule has 2 heteroatoms. The van der Waals surface area contributed by atoms with Gasteiger partial charge in [-0.3, -0.25) is 4.79 Å². The van der Waals surface area contributed by atoms with E-state index in [9.17, 15) is 4.79 Å². The maximum atomic E-state index is 11.2. The van der Waals surface area contributed by atoms with Gasteiger partial charge in [0, 0.05) is 5.92 Å². The zero-order valence-electron chi connectivity index (χ0n) is 6.47. The van der Waals surface area contributed by atoms with E-state index in [-0.39, 0.29) is 18.2 Å². The average molecular weight is 149 g/mol. The first kappa shape index (κ1) is 6.84. The molecule has 2 aliphatic carbocycles. The number of carbonyl (C=O) groups is 1. The molecule has 0 N–H and O–H groups in total. The van der Waals surface area contributed by atoms with Crippen molar-refractivity contribution < 1.29 is 4.79 Å². The molecule has 0 radical (unpaired) electrons. The molecule has 2 saturated carbocycles. The molecule has 0 aliphatic heterocycles. The highest BCUT2D eigenvalue weighted by atomic mass is 16.1. The number of rotatable bonds is 2. The topological polar surface area (TPSA) is 21.4 Å². The predicted octanol–water partition coefficient (Wildman–Crippen LogP) is 1.66. The van der Waals surface area contributed by atoms with E-state index in [4.69, 9.17) is 6.57 Å². The van der Waals surface area contributed by atoms with Crippen molar-refractivity contribution in [3.63, 3.8) is 0 Å². The summed E-state index contributed by atoms with van der Waals surface area (Å²) < 4.78 is 0. The van der Waals surface area contributed by atoms with E-state index in [1.165, 1.54) is 19.3 Å². The molecule has 2 nitrogen and oxygen atoms in total. The lowest BCUT2D eigenvalue weighted by atomic mass is 9.79.